The van der Waals surface area contributed by atoms with Crippen LogP contribution in [0.5, 0.6) is 0 Å². The SMILES string of the molecule is CC(C)(C)Sc1ccc(C2CCCCN2Cc2ccccc2)cn1. The molecule has 0 bridgehead atoms. The van der Waals surface area contributed by atoms with E-state index in [0.29, 0.717) is 6.04 Å². The van der Waals surface area contributed by atoms with E-state index in [1.165, 1.54) is 36.9 Å². The zero-order valence-corrected chi connectivity index (χ0v) is 15.9. The number of hydrogen-bond donors (Lipinski definition) is 0. The minimum atomic E-state index is 0.207. The largest absolute Gasteiger partial charge is 0.292 e. The Morgan fingerprint density at radius 3 is 2.54 bits per heavy atom. The van der Waals surface area contributed by atoms with E-state index in [1.807, 2.05) is 11.8 Å². The maximum absolute atomic E-state index is 4.72. The first-order valence-electron chi connectivity index (χ1n) is 8.94. The van der Waals surface area contributed by atoms with Crippen LogP contribution in [-0.2, 0) is 6.54 Å². The van der Waals surface area contributed by atoms with Crippen LogP contribution in [0.3, 0.4) is 0 Å². The molecule has 128 valence electrons. The van der Waals surface area contributed by atoms with Gasteiger partial charge in [-0.3, -0.25) is 4.90 Å². The van der Waals surface area contributed by atoms with Crippen molar-refractivity contribution in [3.8, 4) is 0 Å². The number of pyridine rings is 1. The summed E-state index contributed by atoms with van der Waals surface area (Å²) in [5.41, 5.74) is 2.76. The molecule has 1 aromatic carbocycles. The van der Waals surface area contributed by atoms with Gasteiger partial charge in [0.2, 0.25) is 0 Å². The highest BCUT2D eigenvalue weighted by atomic mass is 32.2. The van der Waals surface area contributed by atoms with Crippen LogP contribution in [0.15, 0.2) is 53.7 Å². The van der Waals surface area contributed by atoms with Crippen LogP contribution < -0.4 is 0 Å². The summed E-state index contributed by atoms with van der Waals surface area (Å²) < 4.78 is 0.207. The van der Waals surface area contributed by atoms with E-state index in [4.69, 9.17) is 4.98 Å². The van der Waals surface area contributed by atoms with Crippen molar-refractivity contribution in [3.63, 3.8) is 0 Å². The lowest BCUT2D eigenvalue weighted by molar-refractivity contribution is 0.140. The first-order chi connectivity index (χ1) is 11.5. The summed E-state index contributed by atoms with van der Waals surface area (Å²) in [5.74, 6) is 0. The number of nitrogens with zero attached hydrogens (tertiary/aromatic N) is 2. The Morgan fingerprint density at radius 2 is 1.88 bits per heavy atom. The molecule has 2 heterocycles. The normalized spacial score (nSPS) is 19.4. The van der Waals surface area contributed by atoms with Crippen molar-refractivity contribution in [2.75, 3.05) is 6.54 Å². The van der Waals surface area contributed by atoms with Gasteiger partial charge >= 0.3 is 0 Å². The van der Waals surface area contributed by atoms with Gasteiger partial charge in [0.1, 0.15) is 0 Å². The number of hydrogen-bond acceptors (Lipinski definition) is 3. The van der Waals surface area contributed by atoms with Gasteiger partial charge in [-0.1, -0.05) is 63.6 Å². The summed E-state index contributed by atoms with van der Waals surface area (Å²) in [6.07, 6.45) is 5.95. The quantitative estimate of drug-likeness (QED) is 0.664. The number of thioether (sulfide) groups is 1. The van der Waals surface area contributed by atoms with Crippen molar-refractivity contribution in [3.05, 3.63) is 59.8 Å². The standard InChI is InChI=1S/C21H28N2S/c1-21(2,3)24-20-13-12-18(15-22-20)19-11-7-8-14-23(19)16-17-9-5-4-6-10-17/h4-6,9-10,12-13,15,19H,7-8,11,14,16H2,1-3H3. The van der Waals surface area contributed by atoms with Crippen molar-refractivity contribution in [2.24, 2.45) is 0 Å². The zero-order chi connectivity index (χ0) is 17.0. The van der Waals surface area contributed by atoms with Crippen LogP contribution in [0, 0.1) is 0 Å². The van der Waals surface area contributed by atoms with Crippen LogP contribution in [0.25, 0.3) is 0 Å². The Bertz CT molecular complexity index is 631. The molecule has 1 aliphatic rings. The second-order valence-corrected chi connectivity index (χ2v) is 9.46. The van der Waals surface area contributed by atoms with E-state index < -0.39 is 0 Å². The van der Waals surface area contributed by atoms with Gasteiger partial charge in [-0.05, 0) is 36.6 Å². The van der Waals surface area contributed by atoms with Gasteiger partial charge in [0.25, 0.3) is 0 Å². The average molecular weight is 341 g/mol. The molecule has 0 aliphatic carbocycles. The van der Waals surface area contributed by atoms with E-state index >= 15 is 0 Å². The average Bonchev–Trinajstić information content (AvgIpc) is 2.56. The Hall–Kier alpha value is -1.32. The van der Waals surface area contributed by atoms with Crippen LogP contribution in [0.2, 0.25) is 0 Å². The topological polar surface area (TPSA) is 16.1 Å². The second kappa shape index (κ2) is 7.71. The predicted molar refractivity (Wildman–Crippen MR) is 103 cm³/mol. The number of rotatable bonds is 4. The molecule has 1 aliphatic heterocycles. The fourth-order valence-electron chi connectivity index (χ4n) is 3.34. The molecule has 1 saturated heterocycles. The molecule has 2 nitrogen and oxygen atoms in total. The van der Waals surface area contributed by atoms with Gasteiger partial charge < -0.3 is 0 Å². The molecule has 1 unspecified atom stereocenters. The zero-order valence-electron chi connectivity index (χ0n) is 15.0. The third-order valence-electron chi connectivity index (χ3n) is 4.40. The minimum absolute atomic E-state index is 0.207. The van der Waals surface area contributed by atoms with E-state index in [9.17, 15) is 0 Å². The van der Waals surface area contributed by atoms with Gasteiger partial charge in [0.05, 0.1) is 5.03 Å². The molecule has 3 rings (SSSR count). The number of piperidine rings is 1. The Balaban J connectivity index is 1.73. The van der Waals surface area contributed by atoms with Crippen molar-refractivity contribution in [2.45, 2.75) is 62.4 Å². The lowest BCUT2D eigenvalue weighted by atomic mass is 9.96. The van der Waals surface area contributed by atoms with E-state index in [-0.39, 0.29) is 4.75 Å². The Morgan fingerprint density at radius 1 is 1.08 bits per heavy atom. The maximum Gasteiger partial charge on any atom is 0.0965 e. The predicted octanol–water partition coefficient (Wildman–Crippen LogP) is 5.70. The number of benzene rings is 1. The molecule has 0 saturated carbocycles. The molecule has 0 amide bonds. The molecule has 1 atom stereocenters. The van der Waals surface area contributed by atoms with Gasteiger partial charge in [-0.2, -0.15) is 0 Å². The first kappa shape index (κ1) is 17.5. The summed E-state index contributed by atoms with van der Waals surface area (Å²) in [5, 5.41) is 1.12. The molecule has 24 heavy (non-hydrogen) atoms. The second-order valence-electron chi connectivity index (χ2n) is 7.61. The number of aromatic nitrogens is 1. The summed E-state index contributed by atoms with van der Waals surface area (Å²) in [6, 6.07) is 15.8. The molecule has 3 heteroatoms. The third-order valence-corrected chi connectivity index (χ3v) is 5.46. The summed E-state index contributed by atoms with van der Waals surface area (Å²) in [4.78, 5) is 7.33. The first-order valence-corrected chi connectivity index (χ1v) is 9.76. The van der Waals surface area contributed by atoms with Gasteiger partial charge in [-0.15, -0.1) is 11.8 Å². The summed E-state index contributed by atoms with van der Waals surface area (Å²) >= 11 is 1.83. The van der Waals surface area contributed by atoms with E-state index in [2.05, 4.69) is 74.3 Å². The van der Waals surface area contributed by atoms with Gasteiger partial charge in [0.15, 0.2) is 0 Å². The highest BCUT2D eigenvalue weighted by molar-refractivity contribution is 8.00. The maximum atomic E-state index is 4.72. The van der Waals surface area contributed by atoms with Crippen molar-refractivity contribution in [1.82, 2.24) is 9.88 Å². The fourth-order valence-corrected chi connectivity index (χ4v) is 4.21. The smallest absolute Gasteiger partial charge is 0.0965 e. The van der Waals surface area contributed by atoms with Crippen molar-refractivity contribution < 1.29 is 0 Å². The Kier molecular flexibility index (Phi) is 5.62. The molecule has 1 fully saturated rings. The molecule has 0 radical (unpaired) electrons. The lowest BCUT2D eigenvalue weighted by Crippen LogP contribution is -2.33. The monoisotopic (exact) mass is 340 g/mol. The van der Waals surface area contributed by atoms with Crippen LogP contribution in [0.1, 0.15) is 57.2 Å². The van der Waals surface area contributed by atoms with Crippen LogP contribution in [-0.4, -0.2) is 21.2 Å². The highest BCUT2D eigenvalue weighted by Crippen LogP contribution is 2.34. The Labute approximate surface area is 150 Å². The van der Waals surface area contributed by atoms with E-state index in [0.717, 1.165) is 11.6 Å². The van der Waals surface area contributed by atoms with Crippen LogP contribution >= 0.6 is 11.8 Å². The van der Waals surface area contributed by atoms with Crippen molar-refractivity contribution >= 4 is 11.8 Å². The highest BCUT2D eigenvalue weighted by Gasteiger charge is 2.24. The van der Waals surface area contributed by atoms with Gasteiger partial charge in [-0.25, -0.2) is 4.98 Å². The molecular formula is C21H28N2S. The van der Waals surface area contributed by atoms with Crippen LogP contribution in [0.4, 0.5) is 0 Å². The minimum Gasteiger partial charge on any atom is -0.292 e. The molecule has 0 N–H and O–H groups in total. The molecule has 0 spiro atoms. The van der Waals surface area contributed by atoms with Crippen molar-refractivity contribution in [1.29, 1.82) is 0 Å². The number of likely N-dealkylation sites (tertiary alicyclic amines) is 1. The summed E-state index contributed by atoms with van der Waals surface area (Å²) in [7, 11) is 0. The fraction of sp³-hybridized carbons (Fsp3) is 0.476. The molecule has 2 aromatic rings. The summed E-state index contributed by atoms with van der Waals surface area (Å²) in [6.45, 7) is 8.91. The lowest BCUT2D eigenvalue weighted by Gasteiger charge is -2.36. The van der Waals surface area contributed by atoms with Gasteiger partial charge in [0, 0.05) is 23.5 Å². The van der Waals surface area contributed by atoms with E-state index in [1.54, 1.807) is 0 Å². The molecular weight excluding hydrogens is 312 g/mol. The molecule has 1 aromatic heterocycles. The third kappa shape index (κ3) is 4.84.